The maximum absolute atomic E-state index is 3.80. The summed E-state index contributed by atoms with van der Waals surface area (Å²) in [5.74, 6) is 0. The molecule has 3 aliphatic rings. The molecule has 0 bridgehead atoms. The monoisotopic (exact) mass is 341 g/mol. The van der Waals surface area contributed by atoms with E-state index in [1.54, 1.807) is 16.7 Å². The Morgan fingerprint density at radius 2 is 1.08 bits per heavy atom. The van der Waals surface area contributed by atoms with Crippen molar-refractivity contribution in [3.05, 3.63) is 34.4 Å². The van der Waals surface area contributed by atoms with Gasteiger partial charge in [-0.1, -0.05) is 31.4 Å². The predicted molar refractivity (Wildman–Crippen MR) is 105 cm³/mol. The van der Waals surface area contributed by atoms with Crippen molar-refractivity contribution in [1.29, 1.82) is 0 Å². The normalized spacial score (nSPS) is 31.0. The van der Waals surface area contributed by atoms with Crippen LogP contribution < -0.4 is 16.0 Å². The summed E-state index contributed by atoms with van der Waals surface area (Å²) in [4.78, 5) is 0. The molecule has 3 saturated heterocycles. The van der Waals surface area contributed by atoms with Crippen LogP contribution in [0.25, 0.3) is 0 Å². The number of piperidine rings is 3. The molecule has 3 aliphatic heterocycles. The van der Waals surface area contributed by atoms with Gasteiger partial charge in [-0.05, 0) is 87.3 Å². The molecule has 3 N–H and O–H groups in total. The van der Waals surface area contributed by atoms with Crippen LogP contribution in [-0.2, 0) is 0 Å². The van der Waals surface area contributed by atoms with Gasteiger partial charge in [0.15, 0.2) is 0 Å². The number of hydrogen-bond acceptors (Lipinski definition) is 3. The van der Waals surface area contributed by atoms with E-state index in [2.05, 4.69) is 35.0 Å². The van der Waals surface area contributed by atoms with Gasteiger partial charge in [0.25, 0.3) is 0 Å². The van der Waals surface area contributed by atoms with Crippen molar-refractivity contribution in [3.63, 3.8) is 0 Å². The number of hydrogen-bond donors (Lipinski definition) is 3. The summed E-state index contributed by atoms with van der Waals surface area (Å²) < 4.78 is 0. The van der Waals surface area contributed by atoms with E-state index >= 15 is 0 Å². The first-order valence-electron chi connectivity index (χ1n) is 10.7. The van der Waals surface area contributed by atoms with E-state index in [-0.39, 0.29) is 0 Å². The van der Waals surface area contributed by atoms with Gasteiger partial charge in [0.1, 0.15) is 0 Å². The van der Waals surface area contributed by atoms with Gasteiger partial charge in [0.05, 0.1) is 0 Å². The summed E-state index contributed by atoms with van der Waals surface area (Å²) in [5.41, 5.74) is 6.23. The standard InChI is InChI=1S/C22H35N3/c1-16-18(21-9-3-6-12-24-21)14-17(20-8-2-5-11-23-20)15-19(16)22-10-4-7-13-25-22/h14-15,20-25H,2-13H2,1H3. The molecule has 4 rings (SSSR count). The van der Waals surface area contributed by atoms with Gasteiger partial charge in [0.2, 0.25) is 0 Å². The van der Waals surface area contributed by atoms with Crippen LogP contribution >= 0.6 is 0 Å². The summed E-state index contributed by atoms with van der Waals surface area (Å²) in [6.45, 7) is 5.89. The molecule has 138 valence electrons. The van der Waals surface area contributed by atoms with Crippen molar-refractivity contribution < 1.29 is 0 Å². The van der Waals surface area contributed by atoms with Gasteiger partial charge in [0, 0.05) is 18.1 Å². The van der Waals surface area contributed by atoms with Gasteiger partial charge in [-0.3, -0.25) is 0 Å². The van der Waals surface area contributed by atoms with Crippen molar-refractivity contribution in [2.75, 3.05) is 19.6 Å². The largest absolute Gasteiger partial charge is 0.310 e. The molecule has 3 unspecified atom stereocenters. The van der Waals surface area contributed by atoms with Crippen LogP contribution in [-0.4, -0.2) is 19.6 Å². The average molecular weight is 342 g/mol. The zero-order chi connectivity index (χ0) is 17.1. The van der Waals surface area contributed by atoms with E-state index in [1.807, 2.05) is 0 Å². The fourth-order valence-electron chi connectivity index (χ4n) is 5.08. The lowest BCUT2D eigenvalue weighted by Crippen LogP contribution is -2.31. The highest BCUT2D eigenvalue weighted by atomic mass is 14.9. The molecule has 0 spiro atoms. The lowest BCUT2D eigenvalue weighted by Gasteiger charge is -2.32. The zero-order valence-electron chi connectivity index (χ0n) is 15.9. The molecule has 0 aromatic heterocycles. The minimum absolute atomic E-state index is 0.555. The number of rotatable bonds is 3. The van der Waals surface area contributed by atoms with Crippen LogP contribution in [0.5, 0.6) is 0 Å². The molecule has 0 radical (unpaired) electrons. The summed E-state index contributed by atoms with van der Waals surface area (Å²) in [6.07, 6.45) is 11.9. The second-order valence-corrected chi connectivity index (χ2v) is 8.33. The maximum Gasteiger partial charge on any atom is 0.0323 e. The summed E-state index contributed by atoms with van der Waals surface area (Å²) in [7, 11) is 0. The second kappa shape index (κ2) is 8.20. The first kappa shape index (κ1) is 17.5. The highest BCUT2D eigenvalue weighted by Gasteiger charge is 2.25. The Balaban J connectivity index is 1.70. The SMILES string of the molecule is Cc1c(C2CCCCN2)cc(C2CCCCN2)cc1C1CCCCN1. The van der Waals surface area contributed by atoms with Gasteiger partial charge >= 0.3 is 0 Å². The van der Waals surface area contributed by atoms with E-state index in [9.17, 15) is 0 Å². The topological polar surface area (TPSA) is 36.1 Å². The summed E-state index contributed by atoms with van der Waals surface area (Å²) >= 11 is 0. The quantitative estimate of drug-likeness (QED) is 0.761. The minimum atomic E-state index is 0.555. The third-order valence-electron chi connectivity index (χ3n) is 6.59. The van der Waals surface area contributed by atoms with Crippen molar-refractivity contribution in [3.8, 4) is 0 Å². The van der Waals surface area contributed by atoms with Crippen LogP contribution in [0.3, 0.4) is 0 Å². The smallest absolute Gasteiger partial charge is 0.0323 e. The lowest BCUT2D eigenvalue weighted by atomic mass is 9.83. The predicted octanol–water partition coefficient (Wildman–Crippen LogP) is 4.44. The molecule has 3 heteroatoms. The molecular weight excluding hydrogens is 306 g/mol. The fraction of sp³-hybridized carbons (Fsp3) is 0.727. The molecule has 3 nitrogen and oxygen atoms in total. The Hall–Kier alpha value is -0.900. The summed E-state index contributed by atoms with van der Waals surface area (Å²) in [6, 6.07) is 6.74. The van der Waals surface area contributed by atoms with Gasteiger partial charge in [-0.2, -0.15) is 0 Å². The number of benzene rings is 1. The maximum atomic E-state index is 3.80. The first-order valence-corrected chi connectivity index (χ1v) is 10.7. The Bertz CT molecular complexity index is 526. The van der Waals surface area contributed by atoms with Crippen molar-refractivity contribution in [1.82, 2.24) is 16.0 Å². The Morgan fingerprint density at radius 3 is 1.48 bits per heavy atom. The van der Waals surface area contributed by atoms with E-state index in [1.165, 1.54) is 83.0 Å². The van der Waals surface area contributed by atoms with Crippen LogP contribution in [0, 0.1) is 6.92 Å². The first-order chi connectivity index (χ1) is 12.3. The zero-order valence-corrected chi connectivity index (χ0v) is 15.9. The molecule has 0 amide bonds. The highest BCUT2D eigenvalue weighted by molar-refractivity contribution is 5.43. The van der Waals surface area contributed by atoms with Crippen molar-refractivity contribution in [2.45, 2.75) is 82.8 Å². The third-order valence-corrected chi connectivity index (χ3v) is 6.59. The molecule has 3 fully saturated rings. The van der Waals surface area contributed by atoms with Crippen molar-refractivity contribution >= 4 is 0 Å². The van der Waals surface area contributed by atoms with E-state index in [0.29, 0.717) is 18.1 Å². The van der Waals surface area contributed by atoms with Crippen LogP contribution in [0.15, 0.2) is 12.1 Å². The average Bonchev–Trinajstić information content (AvgIpc) is 2.70. The Labute approximate surface area is 153 Å². The second-order valence-electron chi connectivity index (χ2n) is 8.33. The van der Waals surface area contributed by atoms with E-state index < -0.39 is 0 Å². The Morgan fingerprint density at radius 1 is 0.640 bits per heavy atom. The molecule has 3 heterocycles. The molecule has 25 heavy (non-hydrogen) atoms. The van der Waals surface area contributed by atoms with Crippen LogP contribution in [0.1, 0.15) is 98.2 Å². The molecular formula is C22H35N3. The molecule has 3 atom stereocenters. The van der Waals surface area contributed by atoms with Crippen LogP contribution in [0.4, 0.5) is 0 Å². The highest BCUT2D eigenvalue weighted by Crippen LogP contribution is 2.36. The number of nitrogens with one attached hydrogen (secondary N) is 3. The van der Waals surface area contributed by atoms with Crippen LogP contribution in [0.2, 0.25) is 0 Å². The Kier molecular flexibility index (Phi) is 5.74. The molecule has 1 aromatic carbocycles. The minimum Gasteiger partial charge on any atom is -0.310 e. The van der Waals surface area contributed by atoms with Gasteiger partial charge in [-0.15, -0.1) is 0 Å². The summed E-state index contributed by atoms with van der Waals surface area (Å²) in [5, 5.41) is 11.4. The third kappa shape index (κ3) is 3.94. The lowest BCUT2D eigenvalue weighted by molar-refractivity contribution is 0.393. The molecule has 0 aliphatic carbocycles. The van der Waals surface area contributed by atoms with Gasteiger partial charge in [-0.25, -0.2) is 0 Å². The van der Waals surface area contributed by atoms with Crippen molar-refractivity contribution in [2.24, 2.45) is 0 Å². The van der Waals surface area contributed by atoms with E-state index in [4.69, 9.17) is 0 Å². The van der Waals surface area contributed by atoms with E-state index in [0.717, 1.165) is 0 Å². The van der Waals surface area contributed by atoms with Gasteiger partial charge < -0.3 is 16.0 Å². The molecule has 1 aromatic rings. The fourth-order valence-corrected chi connectivity index (χ4v) is 5.08. The molecule has 0 saturated carbocycles.